The third kappa shape index (κ3) is 5.37. The summed E-state index contributed by atoms with van der Waals surface area (Å²) in [7, 11) is 1.50. The van der Waals surface area contributed by atoms with Crippen molar-refractivity contribution in [2.45, 2.75) is 39.3 Å². The molecule has 2 aromatic rings. The van der Waals surface area contributed by atoms with Crippen LogP contribution in [0.15, 0.2) is 42.5 Å². The molecule has 0 bridgehead atoms. The Morgan fingerprint density at radius 2 is 1.83 bits per heavy atom. The minimum atomic E-state index is -1.09. The van der Waals surface area contributed by atoms with Crippen molar-refractivity contribution in [1.29, 1.82) is 0 Å². The van der Waals surface area contributed by atoms with Gasteiger partial charge in [0.05, 0.1) is 32.1 Å². The fraction of sp³-hybridized carbons (Fsp3) is 0.360. The van der Waals surface area contributed by atoms with E-state index < -0.39 is 41.7 Å². The number of nitrogens with zero attached hydrogens (tertiary/aromatic N) is 1. The predicted octanol–water partition coefficient (Wildman–Crippen LogP) is 2.44. The van der Waals surface area contributed by atoms with Crippen LogP contribution in [0.2, 0.25) is 0 Å². The fourth-order valence-corrected chi connectivity index (χ4v) is 3.94. The number of hydrogen-bond donors (Lipinski definition) is 2. The number of fused-ring (bicyclic) bond motifs is 1. The Bertz CT molecular complexity index is 1130. The van der Waals surface area contributed by atoms with E-state index in [-0.39, 0.29) is 6.42 Å². The van der Waals surface area contributed by atoms with Gasteiger partial charge in [-0.2, -0.15) is 5.48 Å². The number of amides is 3. The second-order valence-electron chi connectivity index (χ2n) is 8.27. The molecule has 3 rings (SSSR count). The van der Waals surface area contributed by atoms with Crippen LogP contribution in [-0.2, 0) is 19.2 Å². The quantitative estimate of drug-likeness (QED) is 0.523. The maximum absolute atomic E-state index is 13.4. The molecule has 10 heteroatoms. The normalized spacial score (nSPS) is 15.4. The van der Waals surface area contributed by atoms with E-state index in [4.69, 9.17) is 20.0 Å². The largest absolute Gasteiger partial charge is 0.493 e. The molecule has 0 aromatic heterocycles. The molecule has 0 radical (unpaired) electrons. The lowest BCUT2D eigenvalue weighted by Gasteiger charge is -2.32. The van der Waals surface area contributed by atoms with Crippen molar-refractivity contribution >= 4 is 23.7 Å². The fourth-order valence-electron chi connectivity index (χ4n) is 3.94. The second-order valence-corrected chi connectivity index (χ2v) is 8.27. The van der Waals surface area contributed by atoms with Crippen molar-refractivity contribution < 1.29 is 33.5 Å². The van der Waals surface area contributed by atoms with Gasteiger partial charge in [-0.25, -0.2) is 4.79 Å². The van der Waals surface area contributed by atoms with E-state index >= 15 is 0 Å². The molecule has 3 N–H and O–H groups in total. The van der Waals surface area contributed by atoms with Crippen LogP contribution in [0.3, 0.4) is 0 Å². The van der Waals surface area contributed by atoms with Gasteiger partial charge in [0.15, 0.2) is 11.5 Å². The number of carbonyl (C=O) groups excluding carboxylic acids is 4. The second kappa shape index (κ2) is 10.9. The number of hydrogen-bond acceptors (Lipinski definition) is 7. The van der Waals surface area contributed by atoms with Crippen LogP contribution in [0.25, 0.3) is 0 Å². The van der Waals surface area contributed by atoms with Gasteiger partial charge in [0.2, 0.25) is 5.91 Å². The molecular formula is C25H29N3O7. The Morgan fingerprint density at radius 3 is 2.46 bits per heavy atom. The summed E-state index contributed by atoms with van der Waals surface area (Å²) in [6.07, 6.45) is -0.313. The predicted molar refractivity (Wildman–Crippen MR) is 125 cm³/mol. The molecule has 186 valence electrons. The molecule has 0 saturated heterocycles. The van der Waals surface area contributed by atoms with Gasteiger partial charge in [-0.15, -0.1) is 0 Å². The molecule has 3 amide bonds. The zero-order valence-corrected chi connectivity index (χ0v) is 20.1. The number of methoxy groups -OCH3 is 1. The van der Waals surface area contributed by atoms with Crippen molar-refractivity contribution in [1.82, 2.24) is 10.4 Å². The minimum absolute atomic E-state index is 0.313. The Kier molecular flexibility index (Phi) is 7.95. The summed E-state index contributed by atoms with van der Waals surface area (Å²) in [6, 6.07) is 9.60. The molecule has 1 aliphatic rings. The van der Waals surface area contributed by atoms with Crippen LogP contribution in [0, 0.1) is 5.92 Å². The average Bonchev–Trinajstić information content (AvgIpc) is 3.13. The standard InChI is InChI=1S/C25H29N3O7/c1-5-34-20-12-15(10-11-19(20)33-4)18(13-21(29)27-35-25(32)14(2)3)28-22(23(26)30)16-8-6-7-9-17(16)24(28)31/h6-12,14,18,22H,5,13H2,1-4H3,(H2,26,30)(H,27,29). The van der Waals surface area contributed by atoms with E-state index in [0.717, 1.165) is 0 Å². The molecular weight excluding hydrogens is 454 g/mol. The summed E-state index contributed by atoms with van der Waals surface area (Å²) in [6.45, 7) is 5.42. The number of rotatable bonds is 9. The van der Waals surface area contributed by atoms with Gasteiger partial charge in [0.25, 0.3) is 11.8 Å². The molecule has 0 fully saturated rings. The van der Waals surface area contributed by atoms with E-state index in [1.807, 2.05) is 6.92 Å². The minimum Gasteiger partial charge on any atom is -0.493 e. The topological polar surface area (TPSA) is 137 Å². The summed E-state index contributed by atoms with van der Waals surface area (Å²) in [5.41, 5.74) is 9.14. The van der Waals surface area contributed by atoms with E-state index in [1.165, 1.54) is 12.0 Å². The summed E-state index contributed by atoms with van der Waals surface area (Å²) < 4.78 is 11.0. The van der Waals surface area contributed by atoms with Gasteiger partial charge in [0, 0.05) is 5.56 Å². The number of carbonyl (C=O) groups is 4. The number of nitrogens with one attached hydrogen (secondary N) is 1. The number of ether oxygens (including phenoxy) is 2. The highest BCUT2D eigenvalue weighted by atomic mass is 16.7. The molecule has 35 heavy (non-hydrogen) atoms. The van der Waals surface area contributed by atoms with E-state index in [2.05, 4.69) is 5.48 Å². The maximum Gasteiger partial charge on any atom is 0.334 e. The van der Waals surface area contributed by atoms with Crippen LogP contribution < -0.4 is 20.7 Å². The van der Waals surface area contributed by atoms with Gasteiger partial charge in [-0.05, 0) is 36.2 Å². The first-order valence-corrected chi connectivity index (χ1v) is 11.2. The molecule has 0 saturated carbocycles. The first kappa shape index (κ1) is 25.5. The molecule has 1 aliphatic heterocycles. The van der Waals surface area contributed by atoms with Crippen LogP contribution in [-0.4, -0.2) is 42.3 Å². The third-order valence-electron chi connectivity index (χ3n) is 5.59. The lowest BCUT2D eigenvalue weighted by molar-refractivity contribution is -0.161. The summed E-state index contributed by atoms with van der Waals surface area (Å²) >= 11 is 0. The van der Waals surface area contributed by atoms with Crippen molar-refractivity contribution in [2.75, 3.05) is 13.7 Å². The van der Waals surface area contributed by atoms with Gasteiger partial charge in [-0.3, -0.25) is 14.4 Å². The van der Waals surface area contributed by atoms with Gasteiger partial charge >= 0.3 is 5.97 Å². The van der Waals surface area contributed by atoms with Crippen molar-refractivity contribution in [3.05, 3.63) is 59.2 Å². The van der Waals surface area contributed by atoms with Crippen molar-refractivity contribution in [3.8, 4) is 11.5 Å². The van der Waals surface area contributed by atoms with E-state index in [9.17, 15) is 19.2 Å². The molecule has 10 nitrogen and oxygen atoms in total. The van der Waals surface area contributed by atoms with Crippen molar-refractivity contribution in [2.24, 2.45) is 11.7 Å². The number of primary amides is 1. The molecule has 0 aliphatic carbocycles. The van der Waals surface area contributed by atoms with Crippen LogP contribution in [0.4, 0.5) is 0 Å². The Hall–Kier alpha value is -4.08. The Morgan fingerprint density at radius 1 is 1.11 bits per heavy atom. The zero-order chi connectivity index (χ0) is 25.7. The highest BCUT2D eigenvalue weighted by Crippen LogP contribution is 2.42. The molecule has 1 heterocycles. The average molecular weight is 484 g/mol. The smallest absolute Gasteiger partial charge is 0.334 e. The number of nitrogens with two attached hydrogens (primary N) is 1. The lowest BCUT2D eigenvalue weighted by Crippen LogP contribution is -2.41. The lowest BCUT2D eigenvalue weighted by atomic mass is 9.98. The molecule has 2 atom stereocenters. The van der Waals surface area contributed by atoms with E-state index in [1.54, 1.807) is 56.3 Å². The van der Waals surface area contributed by atoms with Gasteiger partial charge in [0.1, 0.15) is 6.04 Å². The van der Waals surface area contributed by atoms with E-state index in [0.29, 0.717) is 34.8 Å². The van der Waals surface area contributed by atoms with Crippen LogP contribution in [0.1, 0.15) is 60.8 Å². The monoisotopic (exact) mass is 483 g/mol. The summed E-state index contributed by atoms with van der Waals surface area (Å²) in [4.78, 5) is 56.7. The maximum atomic E-state index is 13.4. The SMILES string of the molecule is CCOc1cc(C(CC(=O)NOC(=O)C(C)C)N2C(=O)c3ccccc3C2C(N)=O)ccc1OC. The van der Waals surface area contributed by atoms with Gasteiger partial charge in [-0.1, -0.05) is 38.1 Å². The number of benzene rings is 2. The first-order chi connectivity index (χ1) is 16.7. The molecule has 2 aromatic carbocycles. The van der Waals surface area contributed by atoms with Gasteiger partial charge < -0.3 is 24.9 Å². The Labute approximate surface area is 203 Å². The van der Waals surface area contributed by atoms with Crippen LogP contribution >= 0.6 is 0 Å². The molecule has 0 spiro atoms. The highest BCUT2D eigenvalue weighted by Gasteiger charge is 2.44. The van der Waals surface area contributed by atoms with Crippen LogP contribution in [0.5, 0.6) is 11.5 Å². The number of hydroxylamine groups is 1. The molecule has 2 unspecified atom stereocenters. The van der Waals surface area contributed by atoms with Crippen molar-refractivity contribution in [3.63, 3.8) is 0 Å². The first-order valence-electron chi connectivity index (χ1n) is 11.2. The summed E-state index contributed by atoms with van der Waals surface area (Å²) in [5, 5.41) is 0. The summed E-state index contributed by atoms with van der Waals surface area (Å²) in [5.74, 6) is -2.04. The highest BCUT2D eigenvalue weighted by molar-refractivity contribution is 6.04. The third-order valence-corrected chi connectivity index (χ3v) is 5.59. The zero-order valence-electron chi connectivity index (χ0n) is 20.1. The Balaban J connectivity index is 2.04.